The van der Waals surface area contributed by atoms with E-state index in [9.17, 15) is 50.0 Å². The summed E-state index contributed by atoms with van der Waals surface area (Å²) in [6.45, 7) is 3.67. The van der Waals surface area contributed by atoms with Crippen molar-refractivity contribution >= 4 is 13.7 Å². The van der Waals surface area contributed by atoms with Crippen molar-refractivity contribution in [2.24, 2.45) is 0 Å². The van der Waals surface area contributed by atoms with Crippen LogP contribution in [0.2, 0.25) is 0 Å². The van der Waals surface area contributed by atoms with Crippen molar-refractivity contribution in [2.45, 2.75) is 223 Å². The first-order chi connectivity index (χ1) is 26.3. The highest BCUT2D eigenvalue weighted by Crippen LogP contribution is 2.47. The van der Waals surface area contributed by atoms with Crippen LogP contribution in [0.3, 0.4) is 0 Å². The molecule has 1 aliphatic carbocycles. The molecule has 1 rings (SSSR count). The smallest absolute Gasteiger partial charge is 0.393 e. The number of nitrogens with one attached hydrogen (secondary N) is 1. The molecule has 324 valence electrons. The molecule has 55 heavy (non-hydrogen) atoms. The van der Waals surface area contributed by atoms with Crippen LogP contribution in [0.4, 0.5) is 0 Å². The summed E-state index contributed by atoms with van der Waals surface area (Å²) in [6, 6.07) is -1.25. The SMILES string of the molecule is CCCCCCC/C=C/CC/C=C/C(O)C(COP(=O)(O)OC1C(O)C(O)C(O)C(O)C1O)NC(=O)CC(O)CCCCCCCCCCCCCCCC. The van der Waals surface area contributed by atoms with Gasteiger partial charge in [0.1, 0.15) is 36.6 Å². The lowest BCUT2D eigenvalue weighted by Crippen LogP contribution is -2.64. The lowest BCUT2D eigenvalue weighted by Gasteiger charge is -2.41. The Bertz CT molecular complexity index is 1050. The van der Waals surface area contributed by atoms with E-state index >= 15 is 0 Å². The predicted octanol–water partition coefficient (Wildman–Crippen LogP) is 6.03. The highest BCUT2D eigenvalue weighted by atomic mass is 31.2. The molecule has 0 aromatic rings. The molecule has 0 heterocycles. The van der Waals surface area contributed by atoms with E-state index in [1.165, 1.54) is 96.0 Å². The van der Waals surface area contributed by atoms with Crippen molar-refractivity contribution in [3.63, 3.8) is 0 Å². The molecule has 0 aromatic heterocycles. The van der Waals surface area contributed by atoms with E-state index < -0.39 is 75.2 Å². The minimum Gasteiger partial charge on any atom is -0.393 e. The number of rotatable bonds is 34. The zero-order valence-corrected chi connectivity index (χ0v) is 34.7. The van der Waals surface area contributed by atoms with Crippen molar-refractivity contribution in [2.75, 3.05) is 6.61 Å². The minimum absolute atomic E-state index is 0.250. The van der Waals surface area contributed by atoms with Crippen molar-refractivity contribution in [1.29, 1.82) is 0 Å². The number of hydrogen-bond donors (Lipinski definition) is 9. The molecule has 1 fully saturated rings. The van der Waals surface area contributed by atoms with Crippen LogP contribution >= 0.6 is 7.82 Å². The molecule has 0 radical (unpaired) electrons. The molecule has 1 amide bonds. The average molecular weight is 808 g/mol. The Morgan fingerprint density at radius 2 is 1.07 bits per heavy atom. The third-order valence-corrected chi connectivity index (χ3v) is 11.3. The van der Waals surface area contributed by atoms with Gasteiger partial charge in [0.15, 0.2) is 0 Å². The number of carbonyl (C=O) groups is 1. The van der Waals surface area contributed by atoms with Gasteiger partial charge in [-0.15, -0.1) is 0 Å². The first-order valence-corrected chi connectivity index (χ1v) is 22.9. The largest absolute Gasteiger partial charge is 0.472 e. The topological polar surface area (TPSA) is 226 Å². The van der Waals surface area contributed by atoms with Crippen molar-refractivity contribution in [1.82, 2.24) is 5.32 Å². The molecule has 0 bridgehead atoms. The molecule has 14 heteroatoms. The highest BCUT2D eigenvalue weighted by Gasteiger charge is 2.51. The van der Waals surface area contributed by atoms with Gasteiger partial charge in [0, 0.05) is 0 Å². The van der Waals surface area contributed by atoms with E-state index in [1.54, 1.807) is 6.08 Å². The maximum atomic E-state index is 12.9. The molecule has 0 aromatic carbocycles. The lowest BCUT2D eigenvalue weighted by molar-refractivity contribution is -0.220. The van der Waals surface area contributed by atoms with E-state index in [4.69, 9.17) is 9.05 Å². The van der Waals surface area contributed by atoms with Gasteiger partial charge in [0.05, 0.1) is 31.3 Å². The first kappa shape index (κ1) is 51.8. The Morgan fingerprint density at radius 3 is 1.60 bits per heavy atom. The summed E-state index contributed by atoms with van der Waals surface area (Å²) in [5.41, 5.74) is 0. The fourth-order valence-electron chi connectivity index (χ4n) is 6.73. The summed E-state index contributed by atoms with van der Waals surface area (Å²) in [4.78, 5) is 23.3. The molecular weight excluding hydrogens is 729 g/mol. The number of amides is 1. The third kappa shape index (κ3) is 24.3. The van der Waals surface area contributed by atoms with Crippen LogP contribution in [0.25, 0.3) is 0 Å². The van der Waals surface area contributed by atoms with Gasteiger partial charge >= 0.3 is 7.82 Å². The van der Waals surface area contributed by atoms with Crippen molar-refractivity contribution in [3.05, 3.63) is 24.3 Å². The number of phosphoric ester groups is 1. The highest BCUT2D eigenvalue weighted by molar-refractivity contribution is 7.47. The summed E-state index contributed by atoms with van der Waals surface area (Å²) in [5.74, 6) is -0.604. The van der Waals surface area contributed by atoms with Crippen LogP contribution in [0.5, 0.6) is 0 Å². The molecule has 0 spiro atoms. The van der Waals surface area contributed by atoms with E-state index in [1.807, 2.05) is 0 Å². The molecule has 1 aliphatic rings. The van der Waals surface area contributed by atoms with E-state index in [0.717, 1.165) is 44.9 Å². The summed E-state index contributed by atoms with van der Waals surface area (Å²) in [5, 5.41) is 74.1. The Kier molecular flexibility index (Phi) is 29.9. The first-order valence-electron chi connectivity index (χ1n) is 21.4. The number of aliphatic hydroxyl groups is 7. The standard InChI is InChI=1S/C41H78NO12P/c1-3-5-7-9-11-13-15-16-17-19-20-22-24-26-28-32(43)30-35(45)42-33(34(44)29-27-25-23-21-18-14-12-10-8-6-4-2)31-53-55(51,52)54-41-39(49)37(47)36(46)38(48)40(41)50/h18,21,27,29,32-34,36-41,43-44,46-50H,3-17,19-20,22-26,28,30-31H2,1-2H3,(H,42,45)(H,51,52)/b21-18+,29-27+. The number of aliphatic hydroxyl groups excluding tert-OH is 7. The fourth-order valence-corrected chi connectivity index (χ4v) is 7.69. The van der Waals surface area contributed by atoms with Gasteiger partial charge in [0.25, 0.3) is 0 Å². The minimum atomic E-state index is -5.14. The Hall–Kier alpha value is -1.22. The van der Waals surface area contributed by atoms with Crippen LogP contribution < -0.4 is 5.32 Å². The van der Waals surface area contributed by atoms with Crippen LogP contribution in [-0.4, -0.2) is 108 Å². The molecule has 0 aliphatic heterocycles. The average Bonchev–Trinajstić information content (AvgIpc) is 3.15. The lowest BCUT2D eigenvalue weighted by atomic mass is 9.85. The molecular formula is C41H78NO12P. The second kappa shape index (κ2) is 31.7. The Balaban J connectivity index is 2.60. The van der Waals surface area contributed by atoms with Gasteiger partial charge in [-0.3, -0.25) is 13.8 Å². The van der Waals surface area contributed by atoms with E-state index in [-0.39, 0.29) is 6.42 Å². The monoisotopic (exact) mass is 808 g/mol. The number of hydrogen-bond acceptors (Lipinski definition) is 11. The Labute approximate surface area is 331 Å². The number of allylic oxidation sites excluding steroid dienone is 3. The summed E-state index contributed by atoms with van der Waals surface area (Å²) >= 11 is 0. The number of unbranched alkanes of at least 4 members (excludes halogenated alkanes) is 19. The second-order valence-corrected chi connectivity index (χ2v) is 16.8. The van der Waals surface area contributed by atoms with Gasteiger partial charge in [-0.05, 0) is 32.1 Å². The normalized spacial score (nSPS) is 24.6. The summed E-state index contributed by atoms with van der Waals surface area (Å²) in [7, 11) is -5.14. The molecule has 1 saturated carbocycles. The van der Waals surface area contributed by atoms with Crippen molar-refractivity contribution in [3.8, 4) is 0 Å². The van der Waals surface area contributed by atoms with Gasteiger partial charge in [-0.25, -0.2) is 4.57 Å². The quantitative estimate of drug-likeness (QED) is 0.0207. The maximum Gasteiger partial charge on any atom is 0.472 e. The van der Waals surface area contributed by atoms with E-state index in [0.29, 0.717) is 12.8 Å². The van der Waals surface area contributed by atoms with Gasteiger partial charge < -0.3 is 46.0 Å². The fraction of sp³-hybridized carbons (Fsp3) is 0.878. The van der Waals surface area contributed by atoms with Gasteiger partial charge in [-0.2, -0.15) is 0 Å². The predicted molar refractivity (Wildman–Crippen MR) is 215 cm³/mol. The molecule has 0 saturated heterocycles. The summed E-state index contributed by atoms with van der Waals surface area (Å²) < 4.78 is 22.7. The van der Waals surface area contributed by atoms with Crippen molar-refractivity contribution < 1.29 is 59.0 Å². The molecule has 8 unspecified atom stereocenters. The molecule has 13 nitrogen and oxygen atoms in total. The van der Waals surface area contributed by atoms with Gasteiger partial charge in [0.2, 0.25) is 5.91 Å². The number of phosphoric acid groups is 1. The second-order valence-electron chi connectivity index (χ2n) is 15.4. The van der Waals surface area contributed by atoms with Crippen LogP contribution in [0, 0.1) is 0 Å². The maximum absolute atomic E-state index is 12.9. The summed E-state index contributed by atoms with van der Waals surface area (Å²) in [6.07, 6.45) is 18.6. The van der Waals surface area contributed by atoms with Gasteiger partial charge in [-0.1, -0.05) is 154 Å². The Morgan fingerprint density at radius 1 is 0.636 bits per heavy atom. The zero-order chi connectivity index (χ0) is 40.9. The van der Waals surface area contributed by atoms with Crippen LogP contribution in [-0.2, 0) is 18.4 Å². The molecule has 9 N–H and O–H groups in total. The zero-order valence-electron chi connectivity index (χ0n) is 33.8. The van der Waals surface area contributed by atoms with Crippen LogP contribution in [0.15, 0.2) is 24.3 Å². The third-order valence-electron chi connectivity index (χ3n) is 10.3. The molecule has 8 atom stereocenters. The number of carbonyl (C=O) groups excluding carboxylic acids is 1. The van der Waals surface area contributed by atoms with Crippen LogP contribution in [0.1, 0.15) is 168 Å². The van der Waals surface area contributed by atoms with E-state index in [2.05, 4.69) is 31.3 Å².